The Kier molecular flexibility index (Phi) is 3.87. The van der Waals surface area contributed by atoms with Gasteiger partial charge in [0.25, 0.3) is 5.91 Å². The van der Waals surface area contributed by atoms with Gasteiger partial charge in [0.1, 0.15) is 0 Å². The summed E-state index contributed by atoms with van der Waals surface area (Å²) in [5.74, 6) is 0.865. The van der Waals surface area contributed by atoms with E-state index >= 15 is 0 Å². The van der Waals surface area contributed by atoms with Crippen molar-refractivity contribution in [3.05, 3.63) is 12.7 Å². The number of aliphatic imine (C=N–C) groups is 1. The Morgan fingerprint density at radius 2 is 2.10 bits per heavy atom. The van der Waals surface area contributed by atoms with E-state index in [1.807, 2.05) is 11.5 Å². The van der Waals surface area contributed by atoms with Crippen LogP contribution in [0, 0.1) is 0 Å². The molecule has 0 radical (unpaired) electrons. The monoisotopic (exact) mass is 278 g/mol. The number of nitrogens with zero attached hydrogens (tertiary/aromatic N) is 4. The van der Waals surface area contributed by atoms with E-state index in [1.54, 1.807) is 13.1 Å². The zero-order chi connectivity index (χ0) is 14.9. The van der Waals surface area contributed by atoms with Crippen molar-refractivity contribution in [2.75, 3.05) is 27.2 Å². The van der Waals surface area contributed by atoms with Gasteiger partial charge in [-0.15, -0.1) is 0 Å². The van der Waals surface area contributed by atoms with Crippen molar-refractivity contribution in [1.82, 2.24) is 15.1 Å². The van der Waals surface area contributed by atoms with Crippen LogP contribution in [-0.4, -0.2) is 71.3 Å². The summed E-state index contributed by atoms with van der Waals surface area (Å²) >= 11 is 0. The predicted octanol–water partition coefficient (Wildman–Crippen LogP) is -0.155. The van der Waals surface area contributed by atoms with Gasteiger partial charge in [-0.25, -0.2) is 9.37 Å². The molecule has 2 aliphatic rings. The third kappa shape index (κ3) is 2.09. The van der Waals surface area contributed by atoms with Crippen LogP contribution in [0.5, 0.6) is 0 Å². The van der Waals surface area contributed by atoms with Crippen molar-refractivity contribution >= 4 is 23.7 Å². The van der Waals surface area contributed by atoms with Gasteiger partial charge in [0.05, 0.1) is 13.1 Å². The number of hydrogen-bond donors (Lipinski definition) is 1. The van der Waals surface area contributed by atoms with Crippen LogP contribution in [0.3, 0.4) is 0 Å². The molecule has 7 nitrogen and oxygen atoms in total. The van der Waals surface area contributed by atoms with Crippen molar-refractivity contribution in [2.24, 2.45) is 4.99 Å². The lowest BCUT2D eigenvalue weighted by molar-refractivity contribution is -0.537. The maximum Gasteiger partial charge on any atom is 0.390 e. The van der Waals surface area contributed by atoms with E-state index in [9.17, 15) is 9.59 Å². The number of hydrogen-bond acceptors (Lipinski definition) is 4. The number of fused-ring (bicyclic) bond motifs is 1. The molecule has 0 aromatic rings. The molecule has 0 saturated carbocycles. The lowest BCUT2D eigenvalue weighted by atomic mass is 10.1. The summed E-state index contributed by atoms with van der Waals surface area (Å²) in [5.41, 5.74) is 0. The first-order valence-electron chi connectivity index (χ1n) is 6.65. The molecule has 7 heteroatoms. The lowest BCUT2D eigenvalue weighted by Gasteiger charge is -2.31. The molecule has 0 spiro atoms. The van der Waals surface area contributed by atoms with Gasteiger partial charge in [-0.2, -0.15) is 0 Å². The van der Waals surface area contributed by atoms with E-state index in [0.717, 1.165) is 11.3 Å². The van der Waals surface area contributed by atoms with E-state index < -0.39 is 6.04 Å². The molecule has 1 N–H and O–H groups in total. The largest absolute Gasteiger partial charge is 0.390 e. The van der Waals surface area contributed by atoms with Gasteiger partial charge in [0.15, 0.2) is 0 Å². The summed E-state index contributed by atoms with van der Waals surface area (Å²) in [6.45, 7) is 6.94. The average Bonchev–Trinajstić information content (AvgIpc) is 2.80. The number of amidine groups is 1. The Hall–Kier alpha value is -2.18. The molecular formula is C13H20N5O2+. The molecule has 1 fully saturated rings. The third-order valence-electron chi connectivity index (χ3n) is 3.40. The number of likely N-dealkylation sites (N-methyl/N-ethyl adjacent to an activating group) is 2. The molecule has 0 aromatic heterocycles. The Morgan fingerprint density at radius 1 is 1.40 bits per heavy atom. The minimum Gasteiger partial charge on any atom is -0.271 e. The van der Waals surface area contributed by atoms with E-state index in [4.69, 9.17) is 0 Å². The summed E-state index contributed by atoms with van der Waals surface area (Å²) in [6, 6.07) is -0.874. The maximum absolute atomic E-state index is 12.4. The van der Waals surface area contributed by atoms with Gasteiger partial charge in [0.2, 0.25) is 11.9 Å². The molecule has 0 aromatic carbocycles. The van der Waals surface area contributed by atoms with Crippen LogP contribution in [0.15, 0.2) is 17.6 Å². The summed E-state index contributed by atoms with van der Waals surface area (Å²) in [6.07, 6.45) is 2.61. The van der Waals surface area contributed by atoms with Gasteiger partial charge in [-0.1, -0.05) is 24.6 Å². The van der Waals surface area contributed by atoms with Crippen LogP contribution >= 0.6 is 0 Å². The number of amides is 3. The number of carbonyl (C=O) groups excluding carboxylic acids is 2. The van der Waals surface area contributed by atoms with Crippen LogP contribution in [0.1, 0.15) is 13.3 Å². The minimum atomic E-state index is -0.519. The highest BCUT2D eigenvalue weighted by atomic mass is 16.2. The van der Waals surface area contributed by atoms with Crippen molar-refractivity contribution < 1.29 is 14.2 Å². The van der Waals surface area contributed by atoms with E-state index in [0.29, 0.717) is 24.9 Å². The van der Waals surface area contributed by atoms with Crippen LogP contribution < -0.4 is 5.32 Å². The molecule has 108 valence electrons. The molecule has 1 unspecified atom stereocenters. The fraction of sp³-hybridized carbons (Fsp3) is 0.538. The van der Waals surface area contributed by atoms with Gasteiger partial charge in [0, 0.05) is 14.1 Å². The van der Waals surface area contributed by atoms with Crippen LogP contribution in [-0.2, 0) is 4.79 Å². The molecule has 1 saturated heterocycles. The maximum atomic E-state index is 12.4. The molecule has 3 amide bonds. The summed E-state index contributed by atoms with van der Waals surface area (Å²) < 4.78 is 1.90. The number of carbonyl (C=O) groups is 2. The Labute approximate surface area is 118 Å². The number of imide groups is 1. The third-order valence-corrected chi connectivity index (χ3v) is 3.40. The highest BCUT2D eigenvalue weighted by Crippen LogP contribution is 2.18. The van der Waals surface area contributed by atoms with Gasteiger partial charge < -0.3 is 0 Å². The predicted molar refractivity (Wildman–Crippen MR) is 75.8 cm³/mol. The first-order valence-corrected chi connectivity index (χ1v) is 6.65. The standard InChI is InChI=1S/C13H19N5O2/c1-5-7-14-12-15-10-9(18(12)8-6-2)11(19)17(4)13(20)16(10)3/h5,9H,1,6-8H2,2-4H3/p+1. The lowest BCUT2D eigenvalue weighted by Crippen LogP contribution is -2.61. The van der Waals surface area contributed by atoms with Crippen LogP contribution in [0.25, 0.3) is 0 Å². The molecule has 0 bridgehead atoms. The van der Waals surface area contributed by atoms with Gasteiger partial charge in [-0.3, -0.25) is 19.9 Å². The highest BCUT2D eigenvalue weighted by molar-refractivity contribution is 6.22. The van der Waals surface area contributed by atoms with Crippen LogP contribution in [0.2, 0.25) is 0 Å². The van der Waals surface area contributed by atoms with Crippen molar-refractivity contribution in [3.8, 4) is 0 Å². The SMILES string of the molecule is C=CCNC1=[N+](CCC)C2C(=O)N(C)C(=O)N(C)C2=N1. The second-order valence-electron chi connectivity index (χ2n) is 4.80. The normalized spacial score (nSPS) is 22.1. The minimum absolute atomic E-state index is 0.240. The van der Waals surface area contributed by atoms with Crippen LogP contribution in [0.4, 0.5) is 4.79 Å². The second kappa shape index (κ2) is 5.44. The molecule has 0 aliphatic carbocycles. The Bertz CT molecular complexity index is 523. The van der Waals surface area contributed by atoms with Gasteiger partial charge in [-0.05, 0) is 6.42 Å². The highest BCUT2D eigenvalue weighted by Gasteiger charge is 2.50. The number of urea groups is 1. The number of guanidine groups is 1. The first kappa shape index (κ1) is 14.2. The fourth-order valence-corrected chi connectivity index (χ4v) is 2.38. The van der Waals surface area contributed by atoms with Gasteiger partial charge >= 0.3 is 12.0 Å². The smallest absolute Gasteiger partial charge is 0.271 e. The first-order chi connectivity index (χ1) is 9.52. The van der Waals surface area contributed by atoms with Crippen molar-refractivity contribution in [3.63, 3.8) is 0 Å². The van der Waals surface area contributed by atoms with E-state index in [2.05, 4.69) is 16.9 Å². The molecule has 2 rings (SSSR count). The Morgan fingerprint density at radius 3 is 2.70 bits per heavy atom. The second-order valence-corrected chi connectivity index (χ2v) is 4.80. The fourth-order valence-electron chi connectivity index (χ4n) is 2.38. The van der Waals surface area contributed by atoms with E-state index in [1.165, 1.54) is 11.9 Å². The topological polar surface area (TPSA) is 68.0 Å². The molecule has 2 aliphatic heterocycles. The summed E-state index contributed by atoms with van der Waals surface area (Å²) in [4.78, 5) is 31.3. The molecular weight excluding hydrogens is 258 g/mol. The molecule has 1 atom stereocenters. The van der Waals surface area contributed by atoms with Crippen molar-refractivity contribution in [1.29, 1.82) is 0 Å². The average molecular weight is 278 g/mol. The quantitative estimate of drug-likeness (QED) is 0.574. The van der Waals surface area contributed by atoms with Crippen molar-refractivity contribution in [2.45, 2.75) is 19.4 Å². The molecule has 2 heterocycles. The number of rotatable bonds is 4. The summed E-state index contributed by atoms with van der Waals surface area (Å²) in [7, 11) is 3.13. The zero-order valence-electron chi connectivity index (χ0n) is 12.1. The number of nitrogens with one attached hydrogen (secondary N) is 1. The van der Waals surface area contributed by atoms with E-state index in [-0.39, 0.29) is 11.9 Å². The summed E-state index contributed by atoms with van der Waals surface area (Å²) in [5, 5.41) is 3.12. The Balaban J connectivity index is 2.40. The zero-order valence-corrected chi connectivity index (χ0v) is 12.1. The molecule has 20 heavy (non-hydrogen) atoms.